The van der Waals surface area contributed by atoms with Gasteiger partial charge < -0.3 is 4.74 Å². The van der Waals surface area contributed by atoms with Crippen molar-refractivity contribution in [3.05, 3.63) is 24.3 Å². The number of unbranched alkanes of at least 4 members (excludes halogenated alkanes) is 9. The van der Waals surface area contributed by atoms with Gasteiger partial charge in [-0.3, -0.25) is 4.79 Å². The number of ether oxygens (including phenoxy) is 1. The minimum absolute atomic E-state index is 0.170. The summed E-state index contributed by atoms with van der Waals surface area (Å²) < 4.78 is 4.90. The van der Waals surface area contributed by atoms with Gasteiger partial charge in [0.2, 0.25) is 0 Å². The van der Waals surface area contributed by atoms with Crippen LogP contribution in [0, 0.1) is 0 Å². The smallest absolute Gasteiger partial charge is 0.302 e. The monoisotopic (exact) mass is 308 g/mol. The average Bonchev–Trinajstić information content (AvgIpc) is 2.50. The van der Waals surface area contributed by atoms with Crippen molar-refractivity contribution in [3.63, 3.8) is 0 Å². The maximum atomic E-state index is 10.6. The molecule has 0 fully saturated rings. The summed E-state index contributed by atoms with van der Waals surface area (Å²) in [5.41, 5.74) is 0. The van der Waals surface area contributed by atoms with Gasteiger partial charge in [-0.1, -0.05) is 50.5 Å². The lowest BCUT2D eigenvalue weighted by atomic mass is 10.1. The third kappa shape index (κ3) is 18.9. The summed E-state index contributed by atoms with van der Waals surface area (Å²) in [5.74, 6) is -0.170. The van der Waals surface area contributed by atoms with Crippen molar-refractivity contribution >= 4 is 5.97 Å². The van der Waals surface area contributed by atoms with E-state index in [4.69, 9.17) is 4.74 Å². The quantitative estimate of drug-likeness (QED) is 0.200. The summed E-state index contributed by atoms with van der Waals surface area (Å²) in [5, 5.41) is 0. The molecular weight excluding hydrogens is 272 g/mol. The molecule has 0 saturated carbocycles. The molecule has 22 heavy (non-hydrogen) atoms. The van der Waals surface area contributed by atoms with Crippen LogP contribution in [0.3, 0.4) is 0 Å². The number of carbonyl (C=O) groups is 1. The van der Waals surface area contributed by atoms with Crippen LogP contribution in [-0.2, 0) is 9.53 Å². The lowest BCUT2D eigenvalue weighted by Crippen LogP contribution is -1.99. The lowest BCUT2D eigenvalue weighted by Gasteiger charge is -2.00. The van der Waals surface area contributed by atoms with E-state index < -0.39 is 0 Å². The standard InChI is InChI=1S/C20H36O2/c1-3-4-5-6-7-8-9-10-11-12-13-14-15-16-17-18-19-22-20(2)21/h6-7,13-14H,3-5,8-12,15-19H2,1-2H3/b7-6-,14-13-. The minimum atomic E-state index is -0.170. The molecule has 0 N–H and O–H groups in total. The molecule has 0 saturated heterocycles. The molecule has 0 spiro atoms. The Kier molecular flexibility index (Phi) is 17.1. The molecule has 0 aromatic rings. The van der Waals surface area contributed by atoms with Crippen LogP contribution >= 0.6 is 0 Å². The van der Waals surface area contributed by atoms with Crippen molar-refractivity contribution in [3.8, 4) is 0 Å². The molecule has 0 radical (unpaired) electrons. The number of allylic oxidation sites excluding steroid dienone is 4. The van der Waals surface area contributed by atoms with Crippen molar-refractivity contribution in [2.45, 2.75) is 90.9 Å². The van der Waals surface area contributed by atoms with Crippen LogP contribution in [0.25, 0.3) is 0 Å². The minimum Gasteiger partial charge on any atom is -0.466 e. The molecule has 2 heteroatoms. The second-order valence-corrected chi connectivity index (χ2v) is 5.91. The van der Waals surface area contributed by atoms with Crippen LogP contribution in [0.15, 0.2) is 24.3 Å². The summed E-state index contributed by atoms with van der Waals surface area (Å²) in [6.07, 6.45) is 24.1. The zero-order chi connectivity index (χ0) is 16.3. The van der Waals surface area contributed by atoms with Crippen molar-refractivity contribution < 1.29 is 9.53 Å². The molecule has 0 aliphatic carbocycles. The van der Waals surface area contributed by atoms with Gasteiger partial charge in [-0.05, 0) is 57.8 Å². The van der Waals surface area contributed by atoms with Gasteiger partial charge in [-0.25, -0.2) is 0 Å². The van der Waals surface area contributed by atoms with Crippen molar-refractivity contribution in [1.29, 1.82) is 0 Å². The Hall–Kier alpha value is -1.05. The van der Waals surface area contributed by atoms with Gasteiger partial charge in [-0.2, -0.15) is 0 Å². The van der Waals surface area contributed by atoms with E-state index in [0.717, 1.165) is 19.3 Å². The summed E-state index contributed by atoms with van der Waals surface area (Å²) in [4.78, 5) is 10.6. The Morgan fingerprint density at radius 1 is 0.727 bits per heavy atom. The van der Waals surface area contributed by atoms with E-state index >= 15 is 0 Å². The predicted octanol–water partition coefficient (Wildman–Crippen LogP) is 6.36. The van der Waals surface area contributed by atoms with Gasteiger partial charge in [0.25, 0.3) is 0 Å². The SMILES string of the molecule is CCCC/C=C\CCCCC/C=C\CCCCCOC(C)=O. The lowest BCUT2D eigenvalue weighted by molar-refractivity contribution is -0.141. The molecule has 0 aromatic heterocycles. The first-order valence-electron chi connectivity index (χ1n) is 9.20. The van der Waals surface area contributed by atoms with Gasteiger partial charge in [-0.15, -0.1) is 0 Å². The van der Waals surface area contributed by atoms with E-state index in [1.807, 2.05) is 0 Å². The highest BCUT2D eigenvalue weighted by Crippen LogP contribution is 2.07. The maximum Gasteiger partial charge on any atom is 0.302 e. The molecule has 0 amide bonds. The van der Waals surface area contributed by atoms with E-state index in [0.29, 0.717) is 6.61 Å². The zero-order valence-corrected chi connectivity index (χ0v) is 14.8. The molecule has 0 aliphatic heterocycles. The fourth-order valence-electron chi connectivity index (χ4n) is 2.25. The van der Waals surface area contributed by atoms with Crippen molar-refractivity contribution in [2.24, 2.45) is 0 Å². The molecular formula is C20H36O2. The van der Waals surface area contributed by atoms with E-state index in [1.54, 1.807) is 0 Å². The largest absolute Gasteiger partial charge is 0.466 e. The maximum absolute atomic E-state index is 10.6. The molecule has 0 atom stereocenters. The Labute approximate surface area is 138 Å². The topological polar surface area (TPSA) is 26.3 Å². The van der Waals surface area contributed by atoms with E-state index in [1.165, 1.54) is 64.7 Å². The fourth-order valence-corrected chi connectivity index (χ4v) is 2.25. The van der Waals surface area contributed by atoms with Crippen LogP contribution in [0.1, 0.15) is 90.9 Å². The molecule has 2 nitrogen and oxygen atoms in total. The normalized spacial score (nSPS) is 11.5. The number of hydrogen-bond acceptors (Lipinski definition) is 2. The van der Waals surface area contributed by atoms with Gasteiger partial charge in [0, 0.05) is 6.92 Å². The Balaban J connectivity index is 3.14. The molecule has 0 heterocycles. The van der Waals surface area contributed by atoms with Crippen LogP contribution in [0.2, 0.25) is 0 Å². The Morgan fingerprint density at radius 2 is 1.18 bits per heavy atom. The summed E-state index contributed by atoms with van der Waals surface area (Å²) in [6, 6.07) is 0. The molecule has 0 bridgehead atoms. The first-order chi connectivity index (χ1) is 10.8. The van der Waals surface area contributed by atoms with E-state index in [2.05, 4.69) is 31.2 Å². The van der Waals surface area contributed by atoms with Crippen LogP contribution < -0.4 is 0 Å². The van der Waals surface area contributed by atoms with E-state index in [9.17, 15) is 4.79 Å². The first kappa shape index (κ1) is 20.9. The number of carbonyl (C=O) groups excluding carboxylic acids is 1. The van der Waals surface area contributed by atoms with Crippen LogP contribution in [-0.4, -0.2) is 12.6 Å². The fraction of sp³-hybridized carbons (Fsp3) is 0.750. The number of hydrogen-bond donors (Lipinski definition) is 0. The molecule has 128 valence electrons. The molecule has 0 aromatic carbocycles. The number of rotatable bonds is 15. The summed E-state index contributed by atoms with van der Waals surface area (Å²) >= 11 is 0. The van der Waals surface area contributed by atoms with Crippen LogP contribution in [0.4, 0.5) is 0 Å². The highest BCUT2D eigenvalue weighted by atomic mass is 16.5. The predicted molar refractivity (Wildman–Crippen MR) is 96.0 cm³/mol. The average molecular weight is 309 g/mol. The van der Waals surface area contributed by atoms with E-state index in [-0.39, 0.29) is 5.97 Å². The Bertz CT molecular complexity index is 292. The summed E-state index contributed by atoms with van der Waals surface area (Å²) in [6.45, 7) is 4.28. The van der Waals surface area contributed by atoms with Gasteiger partial charge in [0.1, 0.15) is 0 Å². The highest BCUT2D eigenvalue weighted by Gasteiger charge is 1.92. The van der Waals surface area contributed by atoms with Crippen molar-refractivity contribution in [2.75, 3.05) is 6.61 Å². The summed E-state index contributed by atoms with van der Waals surface area (Å²) in [7, 11) is 0. The van der Waals surface area contributed by atoms with Gasteiger partial charge in [0.05, 0.1) is 6.61 Å². The van der Waals surface area contributed by atoms with Crippen molar-refractivity contribution in [1.82, 2.24) is 0 Å². The first-order valence-corrected chi connectivity index (χ1v) is 9.20. The molecule has 0 rings (SSSR count). The third-order valence-electron chi connectivity index (χ3n) is 3.62. The third-order valence-corrected chi connectivity index (χ3v) is 3.62. The molecule has 0 unspecified atom stereocenters. The second kappa shape index (κ2) is 18.0. The van der Waals surface area contributed by atoms with Crippen LogP contribution in [0.5, 0.6) is 0 Å². The highest BCUT2D eigenvalue weighted by molar-refractivity contribution is 5.65. The number of esters is 1. The van der Waals surface area contributed by atoms with Gasteiger partial charge >= 0.3 is 5.97 Å². The zero-order valence-electron chi connectivity index (χ0n) is 14.8. The second-order valence-electron chi connectivity index (χ2n) is 5.91. The van der Waals surface area contributed by atoms with Gasteiger partial charge in [0.15, 0.2) is 0 Å². The molecule has 0 aliphatic rings. The Morgan fingerprint density at radius 3 is 1.64 bits per heavy atom.